The van der Waals surface area contributed by atoms with E-state index in [1.165, 1.54) is 0 Å². The molecular formula is C27H31BrN2O2. The Morgan fingerprint density at radius 1 is 0.906 bits per heavy atom. The van der Waals surface area contributed by atoms with E-state index in [0.29, 0.717) is 16.7 Å². The molecule has 3 rings (SSSR count). The Hall–Kier alpha value is -2.66. The lowest BCUT2D eigenvalue weighted by Gasteiger charge is -2.22. The van der Waals surface area contributed by atoms with Crippen molar-refractivity contribution in [1.82, 2.24) is 4.57 Å². The van der Waals surface area contributed by atoms with Crippen LogP contribution in [-0.4, -0.2) is 10.5 Å². The summed E-state index contributed by atoms with van der Waals surface area (Å²) in [6, 6.07) is 16.1. The van der Waals surface area contributed by atoms with Crippen LogP contribution in [0.3, 0.4) is 0 Å². The molecule has 0 fully saturated rings. The minimum atomic E-state index is -0.370. The molecule has 0 aliphatic carbocycles. The summed E-state index contributed by atoms with van der Waals surface area (Å²) in [6.07, 6.45) is 0. The van der Waals surface area contributed by atoms with Gasteiger partial charge in [-0.15, -0.1) is 0 Å². The summed E-state index contributed by atoms with van der Waals surface area (Å²) in [6.45, 7) is 12.7. The van der Waals surface area contributed by atoms with Gasteiger partial charge in [0.1, 0.15) is 5.56 Å². The van der Waals surface area contributed by atoms with Crippen LogP contribution >= 0.6 is 15.9 Å². The molecule has 168 valence electrons. The number of carbonyl (C=O) groups is 1. The second-order valence-electron chi connectivity index (χ2n) is 8.84. The van der Waals surface area contributed by atoms with Crippen molar-refractivity contribution in [3.05, 3.63) is 96.9 Å². The van der Waals surface area contributed by atoms with Crippen molar-refractivity contribution in [3.8, 4) is 0 Å². The molecule has 0 aliphatic rings. The Kier molecular flexibility index (Phi) is 7.40. The molecule has 0 saturated carbocycles. The molecule has 4 nitrogen and oxygen atoms in total. The molecule has 1 heterocycles. The quantitative estimate of drug-likeness (QED) is 0.410. The largest absolute Gasteiger partial charge is 0.343 e. The molecular weight excluding hydrogens is 464 g/mol. The zero-order chi connectivity index (χ0) is 23.6. The van der Waals surface area contributed by atoms with Crippen molar-refractivity contribution in [3.63, 3.8) is 0 Å². The number of para-hydroxylation sites is 1. The summed E-state index contributed by atoms with van der Waals surface area (Å²) in [7, 11) is 0. The molecule has 1 aromatic heterocycles. The van der Waals surface area contributed by atoms with E-state index in [1.54, 1.807) is 0 Å². The van der Waals surface area contributed by atoms with Gasteiger partial charge >= 0.3 is 0 Å². The number of nitrogens with zero attached hydrogens (tertiary/aromatic N) is 1. The molecule has 0 spiro atoms. The van der Waals surface area contributed by atoms with Crippen LogP contribution in [0, 0.1) is 13.8 Å². The number of pyridine rings is 1. The lowest BCUT2D eigenvalue weighted by molar-refractivity contribution is 0.102. The van der Waals surface area contributed by atoms with E-state index >= 15 is 0 Å². The maximum atomic E-state index is 13.5. The first-order chi connectivity index (χ1) is 15.1. The topological polar surface area (TPSA) is 51.1 Å². The fourth-order valence-electron chi connectivity index (χ4n) is 4.09. The van der Waals surface area contributed by atoms with Crippen LogP contribution in [0.1, 0.15) is 78.0 Å². The van der Waals surface area contributed by atoms with Gasteiger partial charge in [0.05, 0.1) is 4.47 Å². The molecule has 1 N–H and O–H groups in total. The molecule has 5 heteroatoms. The molecule has 2 aromatic carbocycles. The molecule has 0 radical (unpaired) electrons. The van der Waals surface area contributed by atoms with Crippen LogP contribution < -0.4 is 10.7 Å². The number of hydrogen-bond donors (Lipinski definition) is 1. The lowest BCUT2D eigenvalue weighted by Crippen LogP contribution is -2.29. The molecule has 0 saturated heterocycles. The Morgan fingerprint density at radius 2 is 1.47 bits per heavy atom. The third-order valence-corrected chi connectivity index (χ3v) is 6.87. The highest BCUT2D eigenvalue weighted by molar-refractivity contribution is 9.10. The maximum Gasteiger partial charge on any atom is 0.261 e. The predicted molar refractivity (Wildman–Crippen MR) is 136 cm³/mol. The molecule has 0 bridgehead atoms. The Morgan fingerprint density at radius 3 is 2.00 bits per heavy atom. The van der Waals surface area contributed by atoms with E-state index in [9.17, 15) is 9.59 Å². The van der Waals surface area contributed by atoms with Gasteiger partial charge in [-0.25, -0.2) is 0 Å². The van der Waals surface area contributed by atoms with E-state index in [0.717, 1.165) is 28.1 Å². The number of carbonyl (C=O) groups excluding carboxylic acids is 1. The maximum absolute atomic E-state index is 13.5. The van der Waals surface area contributed by atoms with Gasteiger partial charge in [0.25, 0.3) is 5.91 Å². The van der Waals surface area contributed by atoms with Crippen LogP contribution in [0.2, 0.25) is 0 Å². The van der Waals surface area contributed by atoms with E-state index in [-0.39, 0.29) is 28.7 Å². The van der Waals surface area contributed by atoms with Crippen molar-refractivity contribution >= 4 is 27.5 Å². The number of halogens is 1. The highest BCUT2D eigenvalue weighted by Crippen LogP contribution is 2.33. The Bertz CT molecular complexity index is 1170. The van der Waals surface area contributed by atoms with E-state index in [1.807, 2.05) is 66.9 Å². The van der Waals surface area contributed by atoms with Crippen molar-refractivity contribution in [1.29, 1.82) is 0 Å². The van der Waals surface area contributed by atoms with Crippen molar-refractivity contribution in [2.24, 2.45) is 0 Å². The standard InChI is InChI=1S/C27H31BrN2O2/c1-16(2)21-13-10-14-22(17(3)4)25(21)29-27(32)23-18(5)30(19(6)24(28)26(23)31)15-20-11-8-7-9-12-20/h7-14,16-17H,15H2,1-6H3,(H,29,32). The zero-order valence-electron chi connectivity index (χ0n) is 19.6. The van der Waals surface area contributed by atoms with Crippen LogP contribution in [0.25, 0.3) is 0 Å². The minimum Gasteiger partial charge on any atom is -0.343 e. The number of anilines is 1. The third-order valence-electron chi connectivity index (χ3n) is 5.94. The number of rotatable bonds is 6. The van der Waals surface area contributed by atoms with Crippen LogP contribution in [0.4, 0.5) is 5.69 Å². The summed E-state index contributed by atoms with van der Waals surface area (Å²) < 4.78 is 2.44. The average molecular weight is 495 g/mol. The normalized spacial score (nSPS) is 11.3. The number of nitrogens with one attached hydrogen (secondary N) is 1. The molecule has 0 aliphatic heterocycles. The van der Waals surface area contributed by atoms with Crippen molar-refractivity contribution in [2.75, 3.05) is 5.32 Å². The monoisotopic (exact) mass is 494 g/mol. The first-order valence-electron chi connectivity index (χ1n) is 11.0. The van der Waals surface area contributed by atoms with Gasteiger partial charge in [-0.1, -0.05) is 76.2 Å². The number of amides is 1. The summed E-state index contributed by atoms with van der Waals surface area (Å²) >= 11 is 3.44. The van der Waals surface area contributed by atoms with Gasteiger partial charge in [-0.05, 0) is 58.3 Å². The second-order valence-corrected chi connectivity index (χ2v) is 9.63. The predicted octanol–water partition coefficient (Wildman–Crippen LogP) is 6.78. The lowest BCUT2D eigenvalue weighted by atomic mass is 9.92. The van der Waals surface area contributed by atoms with Gasteiger partial charge in [0.15, 0.2) is 0 Å². The molecule has 1 amide bonds. The SMILES string of the molecule is Cc1c(Br)c(=O)c(C(=O)Nc2c(C(C)C)cccc2C(C)C)c(C)n1Cc1ccccc1. The summed E-state index contributed by atoms with van der Waals surface area (Å²) in [4.78, 5) is 26.7. The van der Waals surface area contributed by atoms with E-state index in [2.05, 4.69) is 48.9 Å². The fourth-order valence-corrected chi connectivity index (χ4v) is 4.50. The number of aromatic nitrogens is 1. The number of benzene rings is 2. The minimum absolute atomic E-state index is 0.173. The van der Waals surface area contributed by atoms with Crippen LogP contribution in [0.5, 0.6) is 0 Å². The molecule has 0 atom stereocenters. The molecule has 32 heavy (non-hydrogen) atoms. The zero-order valence-corrected chi connectivity index (χ0v) is 21.2. The van der Waals surface area contributed by atoms with Crippen molar-refractivity contribution < 1.29 is 4.79 Å². The van der Waals surface area contributed by atoms with Gasteiger partial charge in [-0.3, -0.25) is 9.59 Å². The van der Waals surface area contributed by atoms with Gasteiger partial charge in [0, 0.05) is 23.6 Å². The van der Waals surface area contributed by atoms with Crippen molar-refractivity contribution in [2.45, 2.75) is 59.9 Å². The third kappa shape index (κ3) is 4.73. The van der Waals surface area contributed by atoms with Gasteiger partial charge in [0.2, 0.25) is 5.43 Å². The summed E-state index contributed by atoms with van der Waals surface area (Å²) in [5.41, 5.74) is 5.40. The van der Waals surface area contributed by atoms with Gasteiger partial charge < -0.3 is 9.88 Å². The Labute approximate surface area is 198 Å². The second kappa shape index (κ2) is 9.86. The average Bonchev–Trinajstić information content (AvgIpc) is 2.76. The molecule has 0 unspecified atom stereocenters. The summed E-state index contributed by atoms with van der Waals surface area (Å²) in [5.74, 6) is 0.110. The van der Waals surface area contributed by atoms with Gasteiger partial charge in [-0.2, -0.15) is 0 Å². The highest BCUT2D eigenvalue weighted by Gasteiger charge is 2.23. The highest BCUT2D eigenvalue weighted by atomic mass is 79.9. The van der Waals surface area contributed by atoms with E-state index < -0.39 is 0 Å². The Balaban J connectivity index is 2.11. The van der Waals surface area contributed by atoms with E-state index in [4.69, 9.17) is 0 Å². The molecule has 3 aromatic rings. The first-order valence-corrected chi connectivity index (χ1v) is 11.8. The fraction of sp³-hybridized carbons (Fsp3) is 0.333. The smallest absolute Gasteiger partial charge is 0.261 e. The summed E-state index contributed by atoms with van der Waals surface area (Å²) in [5, 5.41) is 3.10. The van der Waals surface area contributed by atoms with Crippen LogP contribution in [-0.2, 0) is 6.54 Å². The van der Waals surface area contributed by atoms with Crippen LogP contribution in [0.15, 0.2) is 57.8 Å². The first kappa shape index (κ1) is 24.0. The number of hydrogen-bond acceptors (Lipinski definition) is 2.